The van der Waals surface area contributed by atoms with E-state index in [0.717, 1.165) is 7.11 Å². The van der Waals surface area contributed by atoms with Crippen molar-refractivity contribution in [2.75, 3.05) is 7.11 Å². The quantitative estimate of drug-likeness (QED) is 0.636. The summed E-state index contributed by atoms with van der Waals surface area (Å²) < 4.78 is 42.6. The third kappa shape index (κ3) is 6.49. The van der Waals surface area contributed by atoms with Crippen LogP contribution in [0, 0.1) is 5.82 Å². The molecule has 0 unspecified atom stereocenters. The van der Waals surface area contributed by atoms with Crippen molar-refractivity contribution < 1.29 is 21.5 Å². The van der Waals surface area contributed by atoms with E-state index in [-0.39, 0.29) is 15.6 Å². The van der Waals surface area contributed by atoms with E-state index in [9.17, 15) is 12.8 Å². The van der Waals surface area contributed by atoms with Gasteiger partial charge in [-0.25, -0.2) is 4.39 Å². The molecule has 5 nitrogen and oxygen atoms in total. The minimum Gasteiger partial charge on any atom is -0.389 e. The molecule has 0 aliphatic carbocycles. The summed E-state index contributed by atoms with van der Waals surface area (Å²) in [5.74, 6) is -0.481. The van der Waals surface area contributed by atoms with Crippen LogP contribution >= 0.6 is 23.8 Å². The molecule has 0 atom stereocenters. The molecule has 1 aromatic rings. The number of rotatable bonds is 2. The Morgan fingerprint density at radius 1 is 1.59 bits per heavy atom. The molecule has 1 aromatic carbocycles. The highest BCUT2D eigenvalue weighted by Gasteiger charge is 2.07. The van der Waals surface area contributed by atoms with Crippen LogP contribution in [0.1, 0.15) is 5.56 Å². The van der Waals surface area contributed by atoms with E-state index in [1.807, 2.05) is 0 Å². The van der Waals surface area contributed by atoms with E-state index >= 15 is 0 Å². The van der Waals surface area contributed by atoms with Crippen LogP contribution in [-0.2, 0) is 14.6 Å². The first-order valence-electron chi connectivity index (χ1n) is 3.96. The molecule has 0 amide bonds. The molecule has 3 N–H and O–H groups in total. The summed E-state index contributed by atoms with van der Waals surface area (Å²) in [5, 5.41) is 0.248. The topological polar surface area (TPSA) is 89.6 Å². The molecule has 0 aliphatic heterocycles. The summed E-state index contributed by atoms with van der Waals surface area (Å²) in [6.45, 7) is 0. The number of benzene rings is 1. The highest BCUT2D eigenvalue weighted by molar-refractivity contribution is 7.81. The van der Waals surface area contributed by atoms with Crippen LogP contribution in [0.5, 0.6) is 0 Å². The average molecular weight is 302 g/mol. The van der Waals surface area contributed by atoms with Gasteiger partial charge in [-0.1, -0.05) is 29.9 Å². The smallest absolute Gasteiger partial charge is 0.389 e. The lowest BCUT2D eigenvalue weighted by atomic mass is 10.2. The van der Waals surface area contributed by atoms with Gasteiger partial charge in [-0.3, -0.25) is 8.74 Å². The molecule has 0 saturated heterocycles. The largest absolute Gasteiger partial charge is 0.397 e. The number of thiocarbonyl (C=S) groups is 1. The lowest BCUT2D eigenvalue weighted by Gasteiger charge is -2.01. The first-order chi connectivity index (χ1) is 7.69. The van der Waals surface area contributed by atoms with Crippen LogP contribution in [0.15, 0.2) is 18.2 Å². The second kappa shape index (κ2) is 6.82. The highest BCUT2D eigenvalue weighted by Crippen LogP contribution is 2.18. The Morgan fingerprint density at radius 2 is 2.06 bits per heavy atom. The fourth-order valence-electron chi connectivity index (χ4n) is 0.733. The predicted octanol–water partition coefficient (Wildman–Crippen LogP) is 1.55. The van der Waals surface area contributed by atoms with E-state index in [0.29, 0.717) is 0 Å². The van der Waals surface area contributed by atoms with Crippen molar-refractivity contribution in [3.05, 3.63) is 34.6 Å². The molecule has 0 aliphatic rings. The summed E-state index contributed by atoms with van der Waals surface area (Å²) in [5.41, 5.74) is 5.34. The lowest BCUT2D eigenvalue weighted by Crippen LogP contribution is -2.12. The SMILES string of the molecule is COS(=O)(=O)O.NC(=S)c1c(F)cccc1Cl. The minimum atomic E-state index is -4.16. The molecule has 0 bridgehead atoms. The molecule has 0 aromatic heterocycles. The van der Waals surface area contributed by atoms with E-state index in [1.54, 1.807) is 6.07 Å². The molecule has 0 spiro atoms. The molecule has 0 heterocycles. The van der Waals surface area contributed by atoms with Crippen molar-refractivity contribution in [1.29, 1.82) is 0 Å². The molecule has 96 valence electrons. The van der Waals surface area contributed by atoms with Gasteiger partial charge >= 0.3 is 10.4 Å². The Hall–Kier alpha value is -0.800. The van der Waals surface area contributed by atoms with Gasteiger partial charge in [0.05, 0.1) is 17.7 Å². The normalized spacial score (nSPS) is 10.4. The average Bonchev–Trinajstić information content (AvgIpc) is 2.16. The Morgan fingerprint density at radius 3 is 2.29 bits per heavy atom. The van der Waals surface area contributed by atoms with Gasteiger partial charge in [0.15, 0.2) is 0 Å². The van der Waals surface area contributed by atoms with Crippen LogP contribution in [0.2, 0.25) is 5.02 Å². The van der Waals surface area contributed by atoms with Crippen LogP contribution in [0.25, 0.3) is 0 Å². The Labute approximate surface area is 108 Å². The number of hydrogen-bond acceptors (Lipinski definition) is 4. The van der Waals surface area contributed by atoms with Crippen molar-refractivity contribution in [2.45, 2.75) is 0 Å². The third-order valence-electron chi connectivity index (χ3n) is 1.42. The van der Waals surface area contributed by atoms with Crippen molar-refractivity contribution in [1.82, 2.24) is 0 Å². The lowest BCUT2D eigenvalue weighted by molar-refractivity contribution is 0.324. The summed E-state index contributed by atoms with van der Waals surface area (Å²) in [6.07, 6.45) is 0. The summed E-state index contributed by atoms with van der Waals surface area (Å²) >= 11 is 10.2. The van der Waals surface area contributed by atoms with E-state index < -0.39 is 16.2 Å². The predicted molar refractivity (Wildman–Crippen MR) is 65.9 cm³/mol. The minimum absolute atomic E-state index is 0.0203. The molecule has 0 radical (unpaired) electrons. The van der Waals surface area contributed by atoms with Crippen LogP contribution in [0.4, 0.5) is 4.39 Å². The second-order valence-electron chi connectivity index (χ2n) is 2.56. The van der Waals surface area contributed by atoms with Crippen molar-refractivity contribution in [3.8, 4) is 0 Å². The van der Waals surface area contributed by atoms with Crippen LogP contribution in [-0.4, -0.2) is 25.1 Å². The number of halogens is 2. The molecule has 17 heavy (non-hydrogen) atoms. The van der Waals surface area contributed by atoms with Gasteiger partial charge in [0.1, 0.15) is 10.8 Å². The molecule has 0 saturated carbocycles. The first-order valence-corrected chi connectivity index (χ1v) is 6.11. The standard InChI is InChI=1S/C7H5ClFNS.CH4O4S/c8-4-2-1-3-5(9)6(4)7(10)11;1-5-6(2,3)4/h1-3H,(H2,10,11);1H3,(H,2,3,4). The van der Waals surface area contributed by atoms with Crippen LogP contribution in [0.3, 0.4) is 0 Å². The Balaban J connectivity index is 0.000000366. The molecule has 0 fully saturated rings. The van der Waals surface area contributed by atoms with Crippen molar-refractivity contribution in [2.24, 2.45) is 5.73 Å². The zero-order valence-corrected chi connectivity index (χ0v) is 10.9. The maximum atomic E-state index is 12.8. The van der Waals surface area contributed by atoms with Crippen LogP contribution < -0.4 is 5.73 Å². The second-order valence-corrected chi connectivity index (χ2v) is 4.59. The monoisotopic (exact) mass is 301 g/mol. The Bertz CT molecular complexity index is 486. The number of hydrogen-bond donors (Lipinski definition) is 2. The van der Waals surface area contributed by atoms with Gasteiger partial charge in [0, 0.05) is 0 Å². The molecular weight excluding hydrogens is 293 g/mol. The fourth-order valence-corrected chi connectivity index (χ4v) is 1.26. The summed E-state index contributed by atoms with van der Waals surface area (Å²) in [7, 11) is -3.29. The maximum absolute atomic E-state index is 12.8. The highest BCUT2D eigenvalue weighted by atomic mass is 35.5. The maximum Gasteiger partial charge on any atom is 0.397 e. The van der Waals surface area contributed by atoms with Crippen molar-refractivity contribution >= 4 is 39.2 Å². The van der Waals surface area contributed by atoms with E-state index in [4.69, 9.17) is 21.9 Å². The summed E-state index contributed by atoms with van der Waals surface area (Å²) in [4.78, 5) is -0.0203. The molecular formula is C8H9ClFNO4S2. The summed E-state index contributed by atoms with van der Waals surface area (Å²) in [6, 6.07) is 4.30. The number of nitrogens with two attached hydrogens (primary N) is 1. The van der Waals surface area contributed by atoms with Gasteiger partial charge in [0.25, 0.3) is 0 Å². The van der Waals surface area contributed by atoms with E-state index in [1.165, 1.54) is 12.1 Å². The van der Waals surface area contributed by atoms with Gasteiger partial charge in [0.2, 0.25) is 0 Å². The first kappa shape index (κ1) is 16.2. The fraction of sp³-hybridized carbons (Fsp3) is 0.125. The zero-order chi connectivity index (χ0) is 13.6. The molecule has 9 heteroatoms. The van der Waals surface area contributed by atoms with Crippen molar-refractivity contribution in [3.63, 3.8) is 0 Å². The Kier molecular flexibility index (Phi) is 6.50. The third-order valence-corrected chi connectivity index (χ3v) is 2.36. The zero-order valence-electron chi connectivity index (χ0n) is 8.55. The van der Waals surface area contributed by atoms with E-state index in [2.05, 4.69) is 16.4 Å². The van der Waals surface area contributed by atoms with Gasteiger partial charge in [-0.2, -0.15) is 8.42 Å². The molecule has 1 rings (SSSR count). The van der Waals surface area contributed by atoms with Gasteiger partial charge < -0.3 is 5.73 Å². The van der Waals surface area contributed by atoms with Gasteiger partial charge in [-0.15, -0.1) is 0 Å². The van der Waals surface area contributed by atoms with Gasteiger partial charge in [-0.05, 0) is 12.1 Å².